The Bertz CT molecular complexity index is 1050. The van der Waals surface area contributed by atoms with Crippen molar-refractivity contribution in [3.63, 3.8) is 0 Å². The lowest BCUT2D eigenvalue weighted by molar-refractivity contribution is 0.302. The molecule has 0 amide bonds. The van der Waals surface area contributed by atoms with Gasteiger partial charge in [0.2, 0.25) is 0 Å². The van der Waals surface area contributed by atoms with Gasteiger partial charge >= 0.3 is 0 Å². The monoisotopic (exact) mass is 343 g/mol. The number of nitrogens with zero attached hydrogens (tertiary/aromatic N) is 1. The molecule has 24 heavy (non-hydrogen) atoms. The lowest BCUT2D eigenvalue weighted by Gasteiger charge is -2.17. The summed E-state index contributed by atoms with van der Waals surface area (Å²) in [6.07, 6.45) is 0.994. The van der Waals surface area contributed by atoms with Crippen molar-refractivity contribution >= 4 is 20.9 Å². The molecule has 3 aromatic rings. The van der Waals surface area contributed by atoms with Crippen LogP contribution in [0.5, 0.6) is 0 Å². The van der Waals surface area contributed by atoms with Crippen LogP contribution in [0.3, 0.4) is 0 Å². The van der Waals surface area contributed by atoms with Crippen LogP contribution in [0.1, 0.15) is 5.69 Å². The van der Waals surface area contributed by atoms with E-state index in [4.69, 9.17) is 4.18 Å². The topological polar surface area (TPSA) is 65.4 Å². The van der Waals surface area contributed by atoms with E-state index in [-0.39, 0.29) is 12.2 Å². The van der Waals surface area contributed by atoms with Crippen LogP contribution in [0.4, 0.5) is 0 Å². The highest BCUT2D eigenvalue weighted by Crippen LogP contribution is 2.30. The summed E-state index contributed by atoms with van der Waals surface area (Å²) in [5.41, 5.74) is 2.04. The molecule has 0 aliphatic heterocycles. The first kappa shape index (κ1) is 16.4. The second-order valence-corrected chi connectivity index (χ2v) is 7.21. The molecule has 5 nitrogen and oxygen atoms in total. The van der Waals surface area contributed by atoms with Gasteiger partial charge in [-0.05, 0) is 17.0 Å². The molecule has 2 aromatic carbocycles. The van der Waals surface area contributed by atoms with Gasteiger partial charge in [-0.1, -0.05) is 48.5 Å². The van der Waals surface area contributed by atoms with Crippen molar-refractivity contribution in [2.24, 2.45) is 7.05 Å². The van der Waals surface area contributed by atoms with E-state index >= 15 is 0 Å². The second-order valence-electron chi connectivity index (χ2n) is 5.56. The van der Waals surface area contributed by atoms with Gasteiger partial charge in [-0.25, -0.2) is 0 Å². The summed E-state index contributed by atoms with van der Waals surface area (Å²) < 4.78 is 29.2. The Morgan fingerprint density at radius 3 is 2.17 bits per heavy atom. The Morgan fingerprint density at radius 1 is 0.958 bits per heavy atom. The third-order valence-corrected chi connectivity index (χ3v) is 4.44. The molecule has 3 rings (SSSR count). The Kier molecular flexibility index (Phi) is 4.26. The average molecular weight is 343 g/mol. The first-order chi connectivity index (χ1) is 11.4. The molecule has 0 aliphatic carbocycles. The number of hydrogen-bond acceptors (Lipinski definition) is 4. The normalized spacial score (nSPS) is 11.8. The van der Waals surface area contributed by atoms with E-state index < -0.39 is 10.1 Å². The zero-order valence-electron chi connectivity index (χ0n) is 13.4. The third-order valence-electron chi connectivity index (χ3n) is 3.90. The molecule has 0 unspecified atom stereocenters. The van der Waals surface area contributed by atoms with Gasteiger partial charge in [-0.3, -0.25) is 8.98 Å². The van der Waals surface area contributed by atoms with Crippen molar-refractivity contribution in [2.45, 2.75) is 6.61 Å². The first-order valence-corrected chi connectivity index (χ1v) is 9.20. The van der Waals surface area contributed by atoms with Crippen LogP contribution in [-0.4, -0.2) is 19.2 Å². The maximum Gasteiger partial charge on any atom is 0.264 e. The highest BCUT2D eigenvalue weighted by atomic mass is 32.2. The summed E-state index contributed by atoms with van der Waals surface area (Å²) in [4.78, 5) is 12.6. The number of hydrogen-bond donors (Lipinski definition) is 0. The van der Waals surface area contributed by atoms with Gasteiger partial charge in [0.1, 0.15) is 6.61 Å². The second kappa shape index (κ2) is 6.22. The number of aromatic nitrogens is 1. The number of rotatable bonds is 4. The van der Waals surface area contributed by atoms with Gasteiger partial charge in [0, 0.05) is 18.0 Å². The van der Waals surface area contributed by atoms with Crippen molar-refractivity contribution in [1.29, 1.82) is 0 Å². The molecule has 0 spiro atoms. The average Bonchev–Trinajstić information content (AvgIpc) is 2.57. The van der Waals surface area contributed by atoms with E-state index in [1.807, 2.05) is 48.5 Å². The predicted molar refractivity (Wildman–Crippen MR) is 94.3 cm³/mol. The van der Waals surface area contributed by atoms with Crippen molar-refractivity contribution in [2.75, 3.05) is 6.26 Å². The van der Waals surface area contributed by atoms with E-state index in [2.05, 4.69) is 0 Å². The number of fused-ring (bicyclic) bond motifs is 1. The van der Waals surface area contributed by atoms with Gasteiger partial charge in [0.25, 0.3) is 15.7 Å². The van der Waals surface area contributed by atoms with Crippen molar-refractivity contribution < 1.29 is 12.6 Å². The molecule has 0 N–H and O–H groups in total. The summed E-state index contributed by atoms with van der Waals surface area (Å²) in [7, 11) is -1.99. The SMILES string of the molecule is Cn1c(COS(C)(=O)=O)c(-c2ccccc2)c2ccccc2c1=O. The molecule has 124 valence electrons. The first-order valence-electron chi connectivity index (χ1n) is 7.39. The van der Waals surface area contributed by atoms with Crippen LogP contribution in [-0.2, 0) is 28.0 Å². The molecule has 0 atom stereocenters. The summed E-state index contributed by atoms with van der Waals surface area (Å²) in [6.45, 7) is -0.195. The molecule has 0 saturated carbocycles. The number of benzene rings is 2. The van der Waals surface area contributed by atoms with Crippen LogP contribution in [0.2, 0.25) is 0 Å². The molecule has 0 bridgehead atoms. The van der Waals surface area contributed by atoms with Gasteiger partial charge in [0.15, 0.2) is 0 Å². The Hall–Kier alpha value is -2.44. The van der Waals surface area contributed by atoms with Gasteiger partial charge in [-0.2, -0.15) is 8.42 Å². The molecular weight excluding hydrogens is 326 g/mol. The third kappa shape index (κ3) is 3.11. The van der Waals surface area contributed by atoms with Crippen LogP contribution in [0, 0.1) is 0 Å². The van der Waals surface area contributed by atoms with E-state index in [9.17, 15) is 13.2 Å². The fourth-order valence-electron chi connectivity index (χ4n) is 2.77. The highest BCUT2D eigenvalue weighted by molar-refractivity contribution is 7.85. The highest BCUT2D eigenvalue weighted by Gasteiger charge is 2.17. The van der Waals surface area contributed by atoms with Crippen molar-refractivity contribution in [1.82, 2.24) is 4.57 Å². The zero-order valence-corrected chi connectivity index (χ0v) is 14.2. The molecule has 0 aliphatic rings. The minimum Gasteiger partial charge on any atom is -0.312 e. The summed E-state index contributed by atoms with van der Waals surface area (Å²) >= 11 is 0. The zero-order chi connectivity index (χ0) is 17.3. The quantitative estimate of drug-likeness (QED) is 0.683. The van der Waals surface area contributed by atoms with Crippen LogP contribution in [0.25, 0.3) is 21.9 Å². The van der Waals surface area contributed by atoms with Crippen LogP contribution >= 0.6 is 0 Å². The molecule has 0 saturated heterocycles. The fraction of sp³-hybridized carbons (Fsp3) is 0.167. The lowest BCUT2D eigenvalue weighted by Crippen LogP contribution is -2.23. The molecule has 6 heteroatoms. The Balaban J connectivity index is 2.36. The summed E-state index contributed by atoms with van der Waals surface area (Å²) in [6, 6.07) is 16.9. The van der Waals surface area contributed by atoms with Gasteiger partial charge in [-0.15, -0.1) is 0 Å². The lowest BCUT2D eigenvalue weighted by atomic mass is 9.97. The molecule has 1 aromatic heterocycles. The maximum absolute atomic E-state index is 12.6. The number of pyridine rings is 1. The van der Waals surface area contributed by atoms with E-state index in [0.717, 1.165) is 22.8 Å². The Morgan fingerprint density at radius 2 is 1.54 bits per heavy atom. The van der Waals surface area contributed by atoms with Crippen LogP contribution < -0.4 is 5.56 Å². The fourth-order valence-corrected chi connectivity index (χ4v) is 3.10. The minimum atomic E-state index is -3.62. The predicted octanol–water partition coefficient (Wildman–Crippen LogP) is 2.68. The molecule has 0 radical (unpaired) electrons. The van der Waals surface area contributed by atoms with Crippen molar-refractivity contribution in [3.8, 4) is 11.1 Å². The smallest absolute Gasteiger partial charge is 0.264 e. The summed E-state index contributed by atoms with van der Waals surface area (Å²) in [5, 5.41) is 1.36. The van der Waals surface area contributed by atoms with Crippen LogP contribution in [0.15, 0.2) is 59.4 Å². The largest absolute Gasteiger partial charge is 0.312 e. The minimum absolute atomic E-state index is 0.183. The van der Waals surface area contributed by atoms with Crippen molar-refractivity contribution in [3.05, 3.63) is 70.6 Å². The molecule has 1 heterocycles. The van der Waals surface area contributed by atoms with Gasteiger partial charge < -0.3 is 4.57 Å². The molecule has 0 fully saturated rings. The standard InChI is InChI=1S/C18H17NO4S/c1-19-16(12-23-24(2,21)22)17(13-8-4-3-5-9-13)14-10-6-7-11-15(14)18(19)20/h3-11H,12H2,1-2H3. The Labute approximate surface area is 140 Å². The molecular formula is C18H17NO4S. The summed E-state index contributed by atoms with van der Waals surface area (Å²) in [5.74, 6) is 0. The van der Waals surface area contributed by atoms with E-state index in [1.165, 1.54) is 4.57 Å². The van der Waals surface area contributed by atoms with E-state index in [1.54, 1.807) is 13.1 Å². The van der Waals surface area contributed by atoms with Gasteiger partial charge in [0.05, 0.1) is 11.9 Å². The maximum atomic E-state index is 12.6. The van der Waals surface area contributed by atoms with E-state index in [0.29, 0.717) is 11.1 Å².